The van der Waals surface area contributed by atoms with E-state index in [9.17, 15) is 0 Å². The highest BCUT2D eigenvalue weighted by Gasteiger charge is 1.98. The van der Waals surface area contributed by atoms with Gasteiger partial charge in [-0.25, -0.2) is 4.98 Å². The predicted octanol–water partition coefficient (Wildman–Crippen LogP) is 2.27. The van der Waals surface area contributed by atoms with E-state index in [1.165, 1.54) is 0 Å². The monoisotopic (exact) mass is 195 g/mol. The standard InChI is InChI=1S/C10H10ClNO/c1-3-8(2)13-7-9-4-5-12-10(11)6-9/h1,4-6,8H,7H2,2H3. The molecular weight excluding hydrogens is 186 g/mol. The molecule has 1 heterocycles. The van der Waals surface area contributed by atoms with Crippen molar-refractivity contribution in [3.8, 4) is 12.3 Å². The predicted molar refractivity (Wildman–Crippen MR) is 52.3 cm³/mol. The maximum atomic E-state index is 5.69. The van der Waals surface area contributed by atoms with Gasteiger partial charge in [0.05, 0.1) is 6.61 Å². The quantitative estimate of drug-likeness (QED) is 0.545. The van der Waals surface area contributed by atoms with E-state index in [1.54, 1.807) is 12.3 Å². The number of hydrogen-bond donors (Lipinski definition) is 0. The number of rotatable bonds is 3. The fourth-order valence-electron chi connectivity index (χ4n) is 0.802. The van der Waals surface area contributed by atoms with Crippen LogP contribution in [0.25, 0.3) is 0 Å². The molecule has 0 saturated carbocycles. The molecule has 68 valence electrons. The van der Waals surface area contributed by atoms with Crippen LogP contribution in [-0.4, -0.2) is 11.1 Å². The second-order valence-corrected chi connectivity index (χ2v) is 2.99. The number of pyridine rings is 1. The van der Waals surface area contributed by atoms with Gasteiger partial charge in [0.2, 0.25) is 0 Å². The van der Waals surface area contributed by atoms with Crippen LogP contribution in [0.4, 0.5) is 0 Å². The van der Waals surface area contributed by atoms with Crippen molar-refractivity contribution < 1.29 is 4.74 Å². The molecule has 1 aromatic rings. The normalized spacial score (nSPS) is 12.1. The second-order valence-electron chi connectivity index (χ2n) is 2.61. The molecule has 0 aliphatic rings. The summed E-state index contributed by atoms with van der Waals surface area (Å²) in [4.78, 5) is 3.86. The molecule has 1 rings (SSSR count). The van der Waals surface area contributed by atoms with E-state index < -0.39 is 0 Å². The lowest BCUT2D eigenvalue weighted by Gasteiger charge is -2.06. The van der Waals surface area contributed by atoms with E-state index in [0.717, 1.165) is 5.56 Å². The van der Waals surface area contributed by atoms with Gasteiger partial charge in [0, 0.05) is 6.20 Å². The highest BCUT2D eigenvalue weighted by atomic mass is 35.5. The van der Waals surface area contributed by atoms with Gasteiger partial charge in [0.1, 0.15) is 11.3 Å². The van der Waals surface area contributed by atoms with Crippen molar-refractivity contribution in [2.24, 2.45) is 0 Å². The summed E-state index contributed by atoms with van der Waals surface area (Å²) in [5, 5.41) is 0.467. The molecule has 0 saturated heterocycles. The molecule has 1 unspecified atom stereocenters. The first kappa shape index (κ1) is 10.0. The minimum Gasteiger partial charge on any atom is -0.361 e. The minimum absolute atomic E-state index is 0.174. The zero-order chi connectivity index (χ0) is 9.68. The van der Waals surface area contributed by atoms with Crippen LogP contribution in [0, 0.1) is 12.3 Å². The highest BCUT2D eigenvalue weighted by molar-refractivity contribution is 6.29. The Bertz CT molecular complexity index is 319. The highest BCUT2D eigenvalue weighted by Crippen LogP contribution is 2.08. The molecule has 3 heteroatoms. The summed E-state index contributed by atoms with van der Waals surface area (Å²) in [5.41, 5.74) is 0.974. The number of halogens is 1. The molecule has 0 aromatic carbocycles. The number of aromatic nitrogens is 1. The van der Waals surface area contributed by atoms with Gasteiger partial charge in [0.25, 0.3) is 0 Å². The first-order valence-electron chi connectivity index (χ1n) is 3.90. The summed E-state index contributed by atoms with van der Waals surface area (Å²) in [5.74, 6) is 2.48. The Hall–Kier alpha value is -1.04. The van der Waals surface area contributed by atoms with Crippen LogP contribution >= 0.6 is 11.6 Å². The second kappa shape index (κ2) is 4.86. The summed E-state index contributed by atoms with van der Waals surface area (Å²) < 4.78 is 5.31. The SMILES string of the molecule is C#CC(C)OCc1ccnc(Cl)c1. The van der Waals surface area contributed by atoms with Crippen LogP contribution in [0.3, 0.4) is 0 Å². The third kappa shape index (κ3) is 3.45. The van der Waals surface area contributed by atoms with Crippen molar-refractivity contribution in [1.29, 1.82) is 0 Å². The zero-order valence-electron chi connectivity index (χ0n) is 7.33. The third-order valence-corrected chi connectivity index (χ3v) is 1.73. The van der Waals surface area contributed by atoms with E-state index in [4.69, 9.17) is 22.8 Å². The molecule has 13 heavy (non-hydrogen) atoms. The Kier molecular flexibility index (Phi) is 3.75. The number of ether oxygens (including phenoxy) is 1. The van der Waals surface area contributed by atoms with E-state index in [2.05, 4.69) is 10.9 Å². The number of hydrogen-bond acceptors (Lipinski definition) is 2. The van der Waals surface area contributed by atoms with Crippen LogP contribution in [0.2, 0.25) is 5.15 Å². The van der Waals surface area contributed by atoms with Gasteiger partial charge in [0.15, 0.2) is 0 Å². The van der Waals surface area contributed by atoms with Gasteiger partial charge in [-0.15, -0.1) is 6.42 Å². The summed E-state index contributed by atoms with van der Waals surface area (Å²) >= 11 is 5.69. The van der Waals surface area contributed by atoms with Crippen molar-refractivity contribution in [3.63, 3.8) is 0 Å². The number of terminal acetylenes is 1. The van der Waals surface area contributed by atoms with Gasteiger partial charge < -0.3 is 4.74 Å². The summed E-state index contributed by atoms with van der Waals surface area (Å²) in [7, 11) is 0. The van der Waals surface area contributed by atoms with Crippen LogP contribution in [0.15, 0.2) is 18.3 Å². The maximum Gasteiger partial charge on any atom is 0.129 e. The molecule has 1 aromatic heterocycles. The molecule has 0 radical (unpaired) electrons. The van der Waals surface area contributed by atoms with Crippen LogP contribution < -0.4 is 0 Å². The Labute approximate surface area is 82.9 Å². The Morgan fingerprint density at radius 1 is 1.77 bits per heavy atom. The average Bonchev–Trinajstić information content (AvgIpc) is 2.14. The Morgan fingerprint density at radius 3 is 3.15 bits per heavy atom. The van der Waals surface area contributed by atoms with Crippen molar-refractivity contribution in [2.75, 3.05) is 0 Å². The Balaban J connectivity index is 2.51. The van der Waals surface area contributed by atoms with Gasteiger partial charge in [-0.3, -0.25) is 0 Å². The number of nitrogens with zero attached hydrogens (tertiary/aromatic N) is 1. The molecule has 2 nitrogen and oxygen atoms in total. The fourth-order valence-corrected chi connectivity index (χ4v) is 0.998. The lowest BCUT2D eigenvalue weighted by Crippen LogP contribution is -2.04. The van der Waals surface area contributed by atoms with Gasteiger partial charge in [-0.05, 0) is 24.6 Å². The van der Waals surface area contributed by atoms with Crippen molar-refractivity contribution in [1.82, 2.24) is 4.98 Å². The first-order chi connectivity index (χ1) is 6.22. The van der Waals surface area contributed by atoms with Crippen LogP contribution in [0.5, 0.6) is 0 Å². The van der Waals surface area contributed by atoms with E-state index in [-0.39, 0.29) is 6.10 Å². The molecule has 0 amide bonds. The maximum absolute atomic E-state index is 5.69. The van der Waals surface area contributed by atoms with Crippen LogP contribution in [0.1, 0.15) is 12.5 Å². The Morgan fingerprint density at radius 2 is 2.54 bits per heavy atom. The van der Waals surface area contributed by atoms with Crippen LogP contribution in [-0.2, 0) is 11.3 Å². The summed E-state index contributed by atoms with van der Waals surface area (Å²) in [6, 6.07) is 3.60. The lowest BCUT2D eigenvalue weighted by atomic mass is 10.3. The molecule has 0 bridgehead atoms. The molecule has 0 aliphatic heterocycles. The largest absolute Gasteiger partial charge is 0.361 e. The van der Waals surface area contributed by atoms with Crippen molar-refractivity contribution in [2.45, 2.75) is 19.6 Å². The molecule has 0 spiro atoms. The topological polar surface area (TPSA) is 22.1 Å². The van der Waals surface area contributed by atoms with Crippen molar-refractivity contribution in [3.05, 3.63) is 29.0 Å². The minimum atomic E-state index is -0.174. The first-order valence-corrected chi connectivity index (χ1v) is 4.28. The van der Waals surface area contributed by atoms with Gasteiger partial charge in [-0.2, -0.15) is 0 Å². The molecule has 0 fully saturated rings. The fraction of sp³-hybridized carbons (Fsp3) is 0.300. The lowest BCUT2D eigenvalue weighted by molar-refractivity contribution is 0.0901. The third-order valence-electron chi connectivity index (χ3n) is 1.53. The average molecular weight is 196 g/mol. The van der Waals surface area contributed by atoms with E-state index in [0.29, 0.717) is 11.8 Å². The molecule has 0 N–H and O–H groups in total. The smallest absolute Gasteiger partial charge is 0.129 e. The summed E-state index contributed by atoms with van der Waals surface area (Å²) in [6.45, 7) is 2.29. The van der Waals surface area contributed by atoms with Gasteiger partial charge in [-0.1, -0.05) is 17.5 Å². The molecular formula is C10H10ClNO. The molecule has 0 aliphatic carbocycles. The summed E-state index contributed by atoms with van der Waals surface area (Å²) in [6.07, 6.45) is 6.62. The van der Waals surface area contributed by atoms with Gasteiger partial charge >= 0.3 is 0 Å². The van der Waals surface area contributed by atoms with Crippen molar-refractivity contribution >= 4 is 11.6 Å². The zero-order valence-corrected chi connectivity index (χ0v) is 8.08. The molecule has 1 atom stereocenters. The van der Waals surface area contributed by atoms with E-state index >= 15 is 0 Å². The van der Waals surface area contributed by atoms with E-state index in [1.807, 2.05) is 13.0 Å².